The monoisotopic (exact) mass is 385 g/mol. The highest BCUT2D eigenvalue weighted by molar-refractivity contribution is 5.60. The summed E-state index contributed by atoms with van der Waals surface area (Å²) in [5.41, 5.74) is 2.97. The largest absolute Gasteiger partial charge is 0.317 e. The van der Waals surface area contributed by atoms with Gasteiger partial charge in [-0.1, -0.05) is 19.3 Å². The molecule has 146 valence electrons. The second-order valence-corrected chi connectivity index (χ2v) is 7.60. The standard InChI is InChI=1S/C22H23N7/c1-28-15-26-27-22(28)17-7-9-19(10-8-17)29-12-11-23-21(29)18-13-24-20(25-14-18)16-5-3-2-4-6-16/h7-16H,2-6H2,1H3. The van der Waals surface area contributed by atoms with Gasteiger partial charge in [0.2, 0.25) is 0 Å². The Kier molecular flexibility index (Phi) is 4.63. The van der Waals surface area contributed by atoms with Crippen molar-refractivity contribution in [2.45, 2.75) is 38.0 Å². The molecule has 0 spiro atoms. The van der Waals surface area contributed by atoms with Crippen molar-refractivity contribution >= 4 is 0 Å². The maximum Gasteiger partial charge on any atom is 0.163 e. The maximum atomic E-state index is 4.67. The van der Waals surface area contributed by atoms with Gasteiger partial charge in [0.1, 0.15) is 18.0 Å². The van der Waals surface area contributed by atoms with Crippen LogP contribution in [-0.4, -0.2) is 34.3 Å². The number of benzene rings is 1. The first-order chi connectivity index (χ1) is 14.3. The minimum absolute atomic E-state index is 0.505. The minimum atomic E-state index is 0.505. The number of aromatic nitrogens is 7. The predicted octanol–water partition coefficient (Wildman–Crippen LogP) is 4.17. The molecule has 1 fully saturated rings. The zero-order valence-electron chi connectivity index (χ0n) is 16.4. The lowest BCUT2D eigenvalue weighted by atomic mass is 9.89. The number of nitrogens with zero attached hydrogens (tertiary/aromatic N) is 7. The van der Waals surface area contributed by atoms with Crippen LogP contribution in [0.25, 0.3) is 28.5 Å². The Morgan fingerprint density at radius 1 is 0.862 bits per heavy atom. The molecule has 1 aliphatic rings. The van der Waals surface area contributed by atoms with Gasteiger partial charge in [-0.15, -0.1) is 10.2 Å². The molecule has 7 nitrogen and oxygen atoms in total. The number of rotatable bonds is 4. The molecule has 0 radical (unpaired) electrons. The molecule has 1 saturated carbocycles. The number of imidazole rings is 1. The zero-order chi connectivity index (χ0) is 19.6. The maximum absolute atomic E-state index is 4.67. The van der Waals surface area contributed by atoms with E-state index in [1.54, 1.807) is 12.5 Å². The molecule has 29 heavy (non-hydrogen) atoms. The molecule has 3 aromatic heterocycles. The second-order valence-electron chi connectivity index (χ2n) is 7.60. The van der Waals surface area contributed by atoms with Gasteiger partial charge in [0.15, 0.2) is 5.82 Å². The highest BCUT2D eigenvalue weighted by Crippen LogP contribution is 2.31. The molecule has 3 heterocycles. The van der Waals surface area contributed by atoms with Gasteiger partial charge in [-0.05, 0) is 37.1 Å². The van der Waals surface area contributed by atoms with Crippen molar-refractivity contribution in [3.8, 4) is 28.5 Å². The Labute approximate surface area is 169 Å². The molecule has 1 aliphatic carbocycles. The fourth-order valence-electron chi connectivity index (χ4n) is 4.07. The third kappa shape index (κ3) is 3.44. The highest BCUT2D eigenvalue weighted by atomic mass is 15.2. The van der Waals surface area contributed by atoms with Gasteiger partial charge in [-0.25, -0.2) is 15.0 Å². The summed E-state index contributed by atoms with van der Waals surface area (Å²) in [5, 5.41) is 8.12. The van der Waals surface area contributed by atoms with E-state index in [9.17, 15) is 0 Å². The van der Waals surface area contributed by atoms with Crippen molar-refractivity contribution in [3.63, 3.8) is 0 Å². The van der Waals surface area contributed by atoms with Gasteiger partial charge in [0.05, 0.1) is 5.56 Å². The molecule has 1 aromatic carbocycles. The lowest BCUT2D eigenvalue weighted by Crippen LogP contribution is -2.08. The van der Waals surface area contributed by atoms with Crippen LogP contribution in [0.4, 0.5) is 0 Å². The van der Waals surface area contributed by atoms with Gasteiger partial charge >= 0.3 is 0 Å². The minimum Gasteiger partial charge on any atom is -0.317 e. The van der Waals surface area contributed by atoms with Crippen LogP contribution < -0.4 is 0 Å². The molecule has 4 aromatic rings. The van der Waals surface area contributed by atoms with Gasteiger partial charge in [0.25, 0.3) is 0 Å². The number of hydrogen-bond acceptors (Lipinski definition) is 5. The molecular formula is C22H23N7. The van der Waals surface area contributed by atoms with Crippen molar-refractivity contribution in [2.75, 3.05) is 0 Å². The third-order valence-corrected chi connectivity index (χ3v) is 5.66. The quantitative estimate of drug-likeness (QED) is 0.527. The summed E-state index contributed by atoms with van der Waals surface area (Å²) in [7, 11) is 1.94. The van der Waals surface area contributed by atoms with Crippen LogP contribution >= 0.6 is 0 Å². The summed E-state index contributed by atoms with van der Waals surface area (Å²) in [6.45, 7) is 0. The molecule has 0 unspecified atom stereocenters. The molecule has 0 bridgehead atoms. The van der Waals surface area contributed by atoms with Crippen molar-refractivity contribution in [1.29, 1.82) is 0 Å². The summed E-state index contributed by atoms with van der Waals surface area (Å²) < 4.78 is 3.96. The topological polar surface area (TPSA) is 74.3 Å². The van der Waals surface area contributed by atoms with Gasteiger partial charge in [-0.3, -0.25) is 4.57 Å². The fraction of sp³-hybridized carbons (Fsp3) is 0.318. The first kappa shape index (κ1) is 17.7. The van der Waals surface area contributed by atoms with Gasteiger partial charge in [-0.2, -0.15) is 0 Å². The van der Waals surface area contributed by atoms with Gasteiger partial charge < -0.3 is 4.57 Å². The lowest BCUT2D eigenvalue weighted by molar-refractivity contribution is 0.428. The number of aryl methyl sites for hydroxylation is 1. The van der Waals surface area contributed by atoms with E-state index in [4.69, 9.17) is 0 Å². The van der Waals surface area contributed by atoms with Crippen molar-refractivity contribution < 1.29 is 0 Å². The zero-order valence-corrected chi connectivity index (χ0v) is 16.4. The van der Waals surface area contributed by atoms with Crippen LogP contribution in [0, 0.1) is 0 Å². The Bertz CT molecular complexity index is 1090. The SMILES string of the molecule is Cn1cnnc1-c1ccc(-n2ccnc2-c2cnc(C3CCCCC3)nc2)cc1. The summed E-state index contributed by atoms with van der Waals surface area (Å²) in [6, 6.07) is 8.22. The van der Waals surface area contributed by atoms with Crippen LogP contribution in [0.3, 0.4) is 0 Å². The molecule has 0 amide bonds. The molecule has 7 heteroatoms. The van der Waals surface area contributed by atoms with Crippen LogP contribution in [-0.2, 0) is 7.05 Å². The Hall–Kier alpha value is -3.35. The molecule has 0 saturated heterocycles. The highest BCUT2D eigenvalue weighted by Gasteiger charge is 2.18. The Morgan fingerprint density at radius 3 is 2.31 bits per heavy atom. The van der Waals surface area contributed by atoms with E-state index in [2.05, 4.69) is 41.8 Å². The van der Waals surface area contributed by atoms with Crippen LogP contribution in [0.2, 0.25) is 0 Å². The summed E-state index contributed by atoms with van der Waals surface area (Å²) in [5.74, 6) is 3.16. The van der Waals surface area contributed by atoms with E-state index < -0.39 is 0 Å². The van der Waals surface area contributed by atoms with Crippen molar-refractivity contribution in [2.24, 2.45) is 7.05 Å². The lowest BCUT2D eigenvalue weighted by Gasteiger charge is -2.20. The molecule has 0 aliphatic heterocycles. The summed E-state index contributed by atoms with van der Waals surface area (Å²) in [6.07, 6.45) is 15.6. The van der Waals surface area contributed by atoms with E-state index in [1.807, 2.05) is 42.3 Å². The Balaban J connectivity index is 1.41. The predicted molar refractivity (Wildman–Crippen MR) is 110 cm³/mol. The average molecular weight is 385 g/mol. The van der Waals surface area contributed by atoms with Crippen LogP contribution in [0.1, 0.15) is 43.8 Å². The van der Waals surface area contributed by atoms with E-state index in [0.29, 0.717) is 5.92 Å². The molecule has 0 atom stereocenters. The van der Waals surface area contributed by atoms with E-state index in [1.165, 1.54) is 32.1 Å². The van der Waals surface area contributed by atoms with E-state index in [0.717, 1.165) is 34.3 Å². The van der Waals surface area contributed by atoms with Crippen LogP contribution in [0.15, 0.2) is 55.4 Å². The van der Waals surface area contributed by atoms with Gasteiger partial charge in [0, 0.05) is 49.0 Å². The first-order valence-electron chi connectivity index (χ1n) is 10.1. The third-order valence-electron chi connectivity index (χ3n) is 5.66. The fourth-order valence-corrected chi connectivity index (χ4v) is 4.07. The molecule has 0 N–H and O–H groups in total. The summed E-state index contributed by atoms with van der Waals surface area (Å²) >= 11 is 0. The summed E-state index contributed by atoms with van der Waals surface area (Å²) in [4.78, 5) is 13.9. The Morgan fingerprint density at radius 2 is 1.62 bits per heavy atom. The van der Waals surface area contributed by atoms with E-state index >= 15 is 0 Å². The normalized spacial score (nSPS) is 14.9. The average Bonchev–Trinajstić information content (AvgIpc) is 3.44. The first-order valence-corrected chi connectivity index (χ1v) is 10.1. The van der Waals surface area contributed by atoms with Crippen molar-refractivity contribution in [3.05, 3.63) is 61.2 Å². The second kappa shape index (κ2) is 7.58. The van der Waals surface area contributed by atoms with E-state index in [-0.39, 0.29) is 0 Å². The number of hydrogen-bond donors (Lipinski definition) is 0. The molecule has 5 rings (SSSR count). The van der Waals surface area contributed by atoms with Crippen LogP contribution in [0.5, 0.6) is 0 Å². The molecular weight excluding hydrogens is 362 g/mol. The van der Waals surface area contributed by atoms with Crippen molar-refractivity contribution in [1.82, 2.24) is 34.3 Å². The smallest absolute Gasteiger partial charge is 0.163 e.